The van der Waals surface area contributed by atoms with Crippen LogP contribution in [0.1, 0.15) is 13.8 Å². The van der Waals surface area contributed by atoms with Crippen molar-refractivity contribution in [1.29, 1.82) is 0 Å². The van der Waals surface area contributed by atoms with Crippen molar-refractivity contribution in [1.82, 2.24) is 15.2 Å². The van der Waals surface area contributed by atoms with Gasteiger partial charge in [-0.1, -0.05) is 12.1 Å². The molecule has 1 aromatic heterocycles. The number of oxazole rings is 1. The molecule has 1 heterocycles. The van der Waals surface area contributed by atoms with E-state index in [0.29, 0.717) is 11.1 Å². The van der Waals surface area contributed by atoms with Gasteiger partial charge in [-0.25, -0.2) is 4.79 Å². The molecule has 0 atom stereocenters. The third-order valence-electron chi connectivity index (χ3n) is 2.82. The van der Waals surface area contributed by atoms with Crippen LogP contribution in [0.25, 0.3) is 11.1 Å². The van der Waals surface area contributed by atoms with Gasteiger partial charge >= 0.3 is 17.6 Å². The number of amides is 2. The second-order valence-electron chi connectivity index (χ2n) is 4.87. The van der Waals surface area contributed by atoms with Crippen molar-refractivity contribution in [3.05, 3.63) is 34.8 Å². The van der Waals surface area contributed by atoms with E-state index in [1.165, 1.54) is 4.57 Å². The Bertz CT molecular complexity index is 714. The number of carbonyl (C=O) groups is 2. The Morgan fingerprint density at radius 1 is 1.24 bits per heavy atom. The minimum absolute atomic E-state index is 0.108. The van der Waals surface area contributed by atoms with E-state index in [1.54, 1.807) is 38.1 Å². The largest absolute Gasteiger partial charge is 0.420 e. The summed E-state index contributed by atoms with van der Waals surface area (Å²) in [6.45, 7) is 3.93. The molecule has 0 fully saturated rings. The van der Waals surface area contributed by atoms with Crippen LogP contribution < -0.4 is 16.4 Å². The first kappa shape index (κ1) is 14.8. The molecule has 0 bridgehead atoms. The van der Waals surface area contributed by atoms with Gasteiger partial charge in [0, 0.05) is 19.1 Å². The lowest BCUT2D eigenvalue weighted by atomic mass is 10.3. The van der Waals surface area contributed by atoms with E-state index < -0.39 is 17.6 Å². The summed E-state index contributed by atoms with van der Waals surface area (Å²) in [6, 6.07) is 6.91. The number of hydrogen-bond donors (Lipinski definition) is 2. The van der Waals surface area contributed by atoms with Crippen LogP contribution in [0.5, 0.6) is 0 Å². The molecule has 0 unspecified atom stereocenters. The Balaban J connectivity index is 1.97. The molecule has 2 rings (SSSR count). The maximum Gasteiger partial charge on any atom is 0.420 e. The lowest BCUT2D eigenvalue weighted by Crippen LogP contribution is -2.43. The van der Waals surface area contributed by atoms with Crippen molar-refractivity contribution in [2.24, 2.45) is 0 Å². The van der Waals surface area contributed by atoms with Crippen molar-refractivity contribution in [2.45, 2.75) is 26.4 Å². The molecule has 0 saturated carbocycles. The molecule has 0 spiro atoms. The molecule has 2 N–H and O–H groups in total. The SMILES string of the molecule is CC(C)NC(=O)C(=O)NCCn1c(=O)oc2ccccc21. The average molecular weight is 291 g/mol. The molecule has 7 nitrogen and oxygen atoms in total. The minimum Gasteiger partial charge on any atom is -0.408 e. The second kappa shape index (κ2) is 6.25. The molecule has 0 radical (unpaired) electrons. The van der Waals surface area contributed by atoms with Gasteiger partial charge in [0.05, 0.1) is 5.52 Å². The van der Waals surface area contributed by atoms with Gasteiger partial charge in [-0.2, -0.15) is 0 Å². The molecule has 0 aliphatic rings. The van der Waals surface area contributed by atoms with E-state index in [2.05, 4.69) is 10.6 Å². The van der Waals surface area contributed by atoms with Gasteiger partial charge in [-0.3, -0.25) is 14.2 Å². The first-order chi connectivity index (χ1) is 9.99. The van der Waals surface area contributed by atoms with Gasteiger partial charge in [-0.15, -0.1) is 0 Å². The Hall–Kier alpha value is -2.57. The van der Waals surface area contributed by atoms with Crippen LogP contribution in [-0.2, 0) is 16.1 Å². The summed E-state index contributed by atoms with van der Waals surface area (Å²) in [4.78, 5) is 34.6. The average Bonchev–Trinajstić information content (AvgIpc) is 2.74. The summed E-state index contributed by atoms with van der Waals surface area (Å²) in [5.74, 6) is -1.89. The zero-order valence-electron chi connectivity index (χ0n) is 11.9. The van der Waals surface area contributed by atoms with Crippen molar-refractivity contribution in [3.63, 3.8) is 0 Å². The molecule has 2 amide bonds. The zero-order chi connectivity index (χ0) is 15.4. The number of nitrogens with zero attached hydrogens (tertiary/aromatic N) is 1. The van der Waals surface area contributed by atoms with Crippen molar-refractivity contribution < 1.29 is 14.0 Å². The number of para-hydroxylation sites is 2. The summed E-state index contributed by atoms with van der Waals surface area (Å²) in [7, 11) is 0. The van der Waals surface area contributed by atoms with E-state index in [1.807, 2.05) is 0 Å². The van der Waals surface area contributed by atoms with Gasteiger partial charge in [0.1, 0.15) is 0 Å². The van der Waals surface area contributed by atoms with Crippen LogP contribution in [0.4, 0.5) is 0 Å². The summed E-state index contributed by atoms with van der Waals surface area (Å²) < 4.78 is 6.48. The monoisotopic (exact) mass is 291 g/mol. The lowest BCUT2D eigenvalue weighted by molar-refractivity contribution is -0.139. The highest BCUT2D eigenvalue weighted by atomic mass is 16.4. The van der Waals surface area contributed by atoms with Gasteiger partial charge in [0.2, 0.25) is 0 Å². The van der Waals surface area contributed by atoms with Crippen molar-refractivity contribution in [3.8, 4) is 0 Å². The molecule has 0 aliphatic carbocycles. The first-order valence-electron chi connectivity index (χ1n) is 6.66. The van der Waals surface area contributed by atoms with Crippen LogP contribution >= 0.6 is 0 Å². The molecular formula is C14H17N3O4. The highest BCUT2D eigenvalue weighted by molar-refractivity contribution is 6.35. The molecule has 7 heteroatoms. The maximum atomic E-state index is 11.7. The van der Waals surface area contributed by atoms with Gasteiger partial charge in [0.25, 0.3) is 0 Å². The minimum atomic E-state index is -0.718. The van der Waals surface area contributed by atoms with Crippen LogP contribution in [-0.4, -0.2) is 29.0 Å². The highest BCUT2D eigenvalue weighted by Gasteiger charge is 2.14. The number of fused-ring (bicyclic) bond motifs is 1. The van der Waals surface area contributed by atoms with E-state index in [0.717, 1.165) is 0 Å². The zero-order valence-corrected chi connectivity index (χ0v) is 11.9. The third-order valence-corrected chi connectivity index (χ3v) is 2.82. The number of nitrogens with one attached hydrogen (secondary N) is 2. The fraction of sp³-hybridized carbons (Fsp3) is 0.357. The molecular weight excluding hydrogens is 274 g/mol. The fourth-order valence-electron chi connectivity index (χ4n) is 1.91. The lowest BCUT2D eigenvalue weighted by Gasteiger charge is -2.08. The summed E-state index contributed by atoms with van der Waals surface area (Å²) in [5, 5.41) is 4.95. The Morgan fingerprint density at radius 3 is 2.67 bits per heavy atom. The molecule has 112 valence electrons. The number of carbonyl (C=O) groups excluding carboxylic acids is 2. The number of benzene rings is 1. The maximum absolute atomic E-state index is 11.7. The highest BCUT2D eigenvalue weighted by Crippen LogP contribution is 2.10. The van der Waals surface area contributed by atoms with Crippen molar-refractivity contribution >= 4 is 22.9 Å². The second-order valence-corrected chi connectivity index (χ2v) is 4.87. The molecule has 0 saturated heterocycles. The molecule has 1 aromatic carbocycles. The van der Waals surface area contributed by atoms with E-state index in [-0.39, 0.29) is 19.1 Å². The number of aromatic nitrogens is 1. The van der Waals surface area contributed by atoms with Gasteiger partial charge in [0.15, 0.2) is 5.58 Å². The predicted octanol–water partition coefficient (Wildman–Crippen LogP) is 0.235. The van der Waals surface area contributed by atoms with Crippen LogP contribution in [0.2, 0.25) is 0 Å². The number of hydrogen-bond acceptors (Lipinski definition) is 4. The van der Waals surface area contributed by atoms with E-state index in [9.17, 15) is 14.4 Å². The van der Waals surface area contributed by atoms with Crippen LogP contribution in [0, 0.1) is 0 Å². The fourth-order valence-corrected chi connectivity index (χ4v) is 1.91. The van der Waals surface area contributed by atoms with Gasteiger partial charge < -0.3 is 15.1 Å². The Labute approximate surface area is 120 Å². The van der Waals surface area contributed by atoms with Crippen LogP contribution in [0.15, 0.2) is 33.5 Å². The summed E-state index contributed by atoms with van der Waals surface area (Å²) >= 11 is 0. The number of rotatable bonds is 4. The third kappa shape index (κ3) is 3.50. The molecule has 2 aromatic rings. The Morgan fingerprint density at radius 2 is 1.95 bits per heavy atom. The van der Waals surface area contributed by atoms with Gasteiger partial charge in [-0.05, 0) is 26.0 Å². The first-order valence-corrected chi connectivity index (χ1v) is 6.66. The van der Waals surface area contributed by atoms with E-state index >= 15 is 0 Å². The quantitative estimate of drug-likeness (QED) is 0.789. The smallest absolute Gasteiger partial charge is 0.408 e. The summed E-state index contributed by atoms with van der Waals surface area (Å²) in [5.41, 5.74) is 1.15. The Kier molecular flexibility index (Phi) is 4.42. The van der Waals surface area contributed by atoms with E-state index in [4.69, 9.17) is 4.42 Å². The topological polar surface area (TPSA) is 93.3 Å². The predicted molar refractivity (Wildman–Crippen MR) is 76.8 cm³/mol. The van der Waals surface area contributed by atoms with Crippen LogP contribution in [0.3, 0.4) is 0 Å². The van der Waals surface area contributed by atoms with Crippen molar-refractivity contribution in [2.75, 3.05) is 6.54 Å². The summed E-state index contributed by atoms with van der Waals surface area (Å²) in [6.07, 6.45) is 0. The normalized spacial score (nSPS) is 10.8. The standard InChI is InChI=1S/C14H17N3O4/c1-9(2)16-13(19)12(18)15-7-8-17-10-5-3-4-6-11(10)21-14(17)20/h3-6,9H,7-8H2,1-2H3,(H,15,18)(H,16,19). The molecule has 0 aliphatic heterocycles. The molecule has 21 heavy (non-hydrogen) atoms.